The van der Waals surface area contributed by atoms with Gasteiger partial charge in [0.2, 0.25) is 11.9 Å². The van der Waals surface area contributed by atoms with E-state index in [2.05, 4.69) is 39.5 Å². The van der Waals surface area contributed by atoms with Gasteiger partial charge in [0.05, 0.1) is 0 Å². The van der Waals surface area contributed by atoms with E-state index in [-0.39, 0.29) is 0 Å². The normalized spacial score (nSPS) is 10.8. The summed E-state index contributed by atoms with van der Waals surface area (Å²) < 4.78 is 0. The molecular formula is C8H18N6. The Kier molecular flexibility index (Phi) is 4.18. The highest BCUT2D eigenvalue weighted by Crippen LogP contribution is 1.99. The highest BCUT2D eigenvalue weighted by atomic mass is 15.3. The molecular weight excluding hydrogens is 180 g/mol. The molecule has 0 bridgehead atoms. The van der Waals surface area contributed by atoms with E-state index in [4.69, 9.17) is 5.73 Å². The van der Waals surface area contributed by atoms with Crippen molar-refractivity contribution in [2.75, 3.05) is 38.2 Å². The molecule has 6 heteroatoms. The van der Waals surface area contributed by atoms with Gasteiger partial charge in [-0.2, -0.15) is 4.98 Å². The maximum Gasteiger partial charge on any atom is 0.243 e. The second-order valence-electron chi connectivity index (χ2n) is 3.48. The number of aromatic amines is 1. The molecule has 0 amide bonds. The lowest BCUT2D eigenvalue weighted by Gasteiger charge is -2.08. The van der Waals surface area contributed by atoms with Crippen LogP contribution in [0.15, 0.2) is 0 Å². The summed E-state index contributed by atoms with van der Waals surface area (Å²) in [4.78, 5) is 6.10. The SMILES string of the molecule is CN(C)CCCCNc1n[nH]c(N)n1. The fourth-order valence-corrected chi connectivity index (χ4v) is 1.11. The lowest BCUT2D eigenvalue weighted by Crippen LogP contribution is -2.14. The number of nitrogens with two attached hydrogens (primary N) is 1. The maximum absolute atomic E-state index is 5.37. The van der Waals surface area contributed by atoms with Crippen LogP contribution < -0.4 is 11.1 Å². The van der Waals surface area contributed by atoms with Crippen LogP contribution in [0.25, 0.3) is 0 Å². The summed E-state index contributed by atoms with van der Waals surface area (Å²) in [5, 5.41) is 9.53. The van der Waals surface area contributed by atoms with E-state index in [0.717, 1.165) is 19.5 Å². The van der Waals surface area contributed by atoms with Gasteiger partial charge in [0, 0.05) is 6.54 Å². The predicted octanol–water partition coefficient (Wildman–Crippen LogP) is 0.141. The predicted molar refractivity (Wildman–Crippen MR) is 57.1 cm³/mol. The average Bonchev–Trinajstić information content (AvgIpc) is 2.50. The minimum absolute atomic E-state index is 0.348. The summed E-state index contributed by atoms with van der Waals surface area (Å²) in [6.45, 7) is 1.99. The fourth-order valence-electron chi connectivity index (χ4n) is 1.11. The number of nitrogens with zero attached hydrogens (tertiary/aromatic N) is 3. The number of aromatic nitrogens is 3. The van der Waals surface area contributed by atoms with E-state index >= 15 is 0 Å². The number of H-pyrrole nitrogens is 1. The Morgan fingerprint density at radius 1 is 1.43 bits per heavy atom. The van der Waals surface area contributed by atoms with E-state index in [9.17, 15) is 0 Å². The second kappa shape index (κ2) is 5.43. The molecule has 0 spiro atoms. The lowest BCUT2D eigenvalue weighted by atomic mass is 10.3. The zero-order chi connectivity index (χ0) is 10.4. The van der Waals surface area contributed by atoms with Crippen molar-refractivity contribution in [3.8, 4) is 0 Å². The summed E-state index contributed by atoms with van der Waals surface area (Å²) >= 11 is 0. The van der Waals surface area contributed by atoms with E-state index in [1.165, 1.54) is 6.42 Å². The van der Waals surface area contributed by atoms with E-state index < -0.39 is 0 Å². The first-order valence-electron chi connectivity index (χ1n) is 4.75. The van der Waals surface area contributed by atoms with Gasteiger partial charge in [-0.15, -0.1) is 5.10 Å². The van der Waals surface area contributed by atoms with Crippen molar-refractivity contribution in [1.29, 1.82) is 0 Å². The van der Waals surface area contributed by atoms with Crippen LogP contribution in [-0.4, -0.2) is 47.3 Å². The molecule has 1 rings (SSSR count). The molecule has 0 radical (unpaired) electrons. The Morgan fingerprint density at radius 2 is 2.21 bits per heavy atom. The van der Waals surface area contributed by atoms with Crippen LogP contribution in [0, 0.1) is 0 Å². The minimum atomic E-state index is 0.348. The van der Waals surface area contributed by atoms with Crippen molar-refractivity contribution >= 4 is 11.9 Å². The maximum atomic E-state index is 5.37. The van der Waals surface area contributed by atoms with Crippen molar-refractivity contribution in [2.45, 2.75) is 12.8 Å². The summed E-state index contributed by atoms with van der Waals surface area (Å²) in [5.41, 5.74) is 5.37. The monoisotopic (exact) mass is 198 g/mol. The molecule has 6 nitrogen and oxygen atoms in total. The smallest absolute Gasteiger partial charge is 0.243 e. The first-order chi connectivity index (χ1) is 6.68. The molecule has 0 aliphatic rings. The molecule has 0 unspecified atom stereocenters. The summed E-state index contributed by atoms with van der Waals surface area (Å²) in [5.74, 6) is 0.924. The molecule has 0 saturated carbocycles. The van der Waals surface area contributed by atoms with Crippen molar-refractivity contribution in [3.05, 3.63) is 0 Å². The van der Waals surface area contributed by atoms with E-state index in [1.54, 1.807) is 0 Å². The number of nitrogens with one attached hydrogen (secondary N) is 2. The van der Waals surface area contributed by atoms with Gasteiger partial charge in [-0.05, 0) is 33.5 Å². The van der Waals surface area contributed by atoms with Crippen LogP contribution in [0.5, 0.6) is 0 Å². The number of unbranched alkanes of at least 4 members (excludes halogenated alkanes) is 1. The van der Waals surface area contributed by atoms with Crippen LogP contribution in [0.2, 0.25) is 0 Å². The van der Waals surface area contributed by atoms with Gasteiger partial charge in [-0.3, -0.25) is 0 Å². The molecule has 0 fully saturated rings. The molecule has 0 aliphatic heterocycles. The zero-order valence-corrected chi connectivity index (χ0v) is 8.75. The second-order valence-corrected chi connectivity index (χ2v) is 3.48. The summed E-state index contributed by atoms with van der Waals surface area (Å²) in [6, 6.07) is 0. The molecule has 0 aromatic carbocycles. The molecule has 1 aromatic rings. The molecule has 0 saturated heterocycles. The number of hydrogen-bond donors (Lipinski definition) is 3. The van der Waals surface area contributed by atoms with Gasteiger partial charge >= 0.3 is 0 Å². The Hall–Kier alpha value is -1.30. The Morgan fingerprint density at radius 3 is 2.79 bits per heavy atom. The zero-order valence-electron chi connectivity index (χ0n) is 8.75. The number of rotatable bonds is 6. The van der Waals surface area contributed by atoms with Gasteiger partial charge in [-0.1, -0.05) is 0 Å². The number of nitrogen functional groups attached to an aromatic ring is 1. The lowest BCUT2D eigenvalue weighted by molar-refractivity contribution is 0.396. The quantitative estimate of drug-likeness (QED) is 0.566. The summed E-state index contributed by atoms with van der Waals surface area (Å²) in [6.07, 6.45) is 2.27. The fraction of sp³-hybridized carbons (Fsp3) is 0.750. The third kappa shape index (κ3) is 4.08. The van der Waals surface area contributed by atoms with Gasteiger partial charge in [0.1, 0.15) is 0 Å². The van der Waals surface area contributed by atoms with Crippen molar-refractivity contribution in [1.82, 2.24) is 20.1 Å². The molecule has 0 aliphatic carbocycles. The molecule has 4 N–H and O–H groups in total. The third-order valence-corrected chi connectivity index (χ3v) is 1.82. The average molecular weight is 198 g/mol. The summed E-state index contributed by atoms with van der Waals surface area (Å²) in [7, 11) is 4.15. The van der Waals surface area contributed by atoms with Crippen molar-refractivity contribution in [3.63, 3.8) is 0 Å². The molecule has 14 heavy (non-hydrogen) atoms. The van der Waals surface area contributed by atoms with Crippen LogP contribution >= 0.6 is 0 Å². The Labute approximate surface area is 83.9 Å². The first kappa shape index (κ1) is 10.8. The minimum Gasteiger partial charge on any atom is -0.368 e. The van der Waals surface area contributed by atoms with Crippen molar-refractivity contribution in [2.24, 2.45) is 0 Å². The third-order valence-electron chi connectivity index (χ3n) is 1.82. The molecule has 1 heterocycles. The first-order valence-corrected chi connectivity index (χ1v) is 4.75. The van der Waals surface area contributed by atoms with E-state index in [0.29, 0.717) is 11.9 Å². The number of anilines is 2. The van der Waals surface area contributed by atoms with Gasteiger partial charge in [0.25, 0.3) is 0 Å². The molecule has 80 valence electrons. The molecule has 0 atom stereocenters. The van der Waals surface area contributed by atoms with E-state index in [1.807, 2.05) is 0 Å². The highest BCUT2D eigenvalue weighted by molar-refractivity contribution is 5.29. The number of hydrogen-bond acceptors (Lipinski definition) is 5. The van der Waals surface area contributed by atoms with Gasteiger partial charge in [0.15, 0.2) is 0 Å². The van der Waals surface area contributed by atoms with Crippen LogP contribution in [-0.2, 0) is 0 Å². The van der Waals surface area contributed by atoms with Gasteiger partial charge < -0.3 is 16.0 Å². The Balaban J connectivity index is 2.04. The standard InChI is InChI=1S/C8H18N6/c1-14(2)6-4-3-5-10-8-11-7(9)12-13-8/h3-6H2,1-2H3,(H4,9,10,11,12,13). The van der Waals surface area contributed by atoms with Crippen LogP contribution in [0.4, 0.5) is 11.9 Å². The van der Waals surface area contributed by atoms with Crippen LogP contribution in [0.1, 0.15) is 12.8 Å². The topological polar surface area (TPSA) is 82.9 Å². The Bertz CT molecular complexity index is 256. The largest absolute Gasteiger partial charge is 0.368 e. The highest BCUT2D eigenvalue weighted by Gasteiger charge is 1.97. The van der Waals surface area contributed by atoms with Gasteiger partial charge in [-0.25, -0.2) is 5.10 Å². The molecule has 1 aromatic heterocycles. The van der Waals surface area contributed by atoms with Crippen molar-refractivity contribution < 1.29 is 0 Å². The van der Waals surface area contributed by atoms with Crippen LogP contribution in [0.3, 0.4) is 0 Å².